The van der Waals surface area contributed by atoms with Gasteiger partial charge in [0.15, 0.2) is 11.0 Å². The van der Waals surface area contributed by atoms with Crippen LogP contribution in [0.2, 0.25) is 5.15 Å². The van der Waals surface area contributed by atoms with Crippen molar-refractivity contribution in [3.05, 3.63) is 11.5 Å². The monoisotopic (exact) mass is 198 g/mol. The maximum absolute atomic E-state index is 11.2. The molecule has 0 saturated carbocycles. The molecule has 1 atom stereocenters. The third-order valence-electron chi connectivity index (χ3n) is 1.80. The highest BCUT2D eigenvalue weighted by Gasteiger charge is 2.24. The van der Waals surface area contributed by atoms with Gasteiger partial charge >= 0.3 is 0 Å². The Kier molecular flexibility index (Phi) is 1.81. The van der Waals surface area contributed by atoms with Gasteiger partial charge in [-0.1, -0.05) is 11.6 Å². The number of anilines is 2. The molecule has 5 nitrogen and oxygen atoms in total. The minimum atomic E-state index is -0.293. The van der Waals surface area contributed by atoms with Crippen molar-refractivity contribution in [2.75, 3.05) is 10.6 Å². The van der Waals surface area contributed by atoms with E-state index in [1.165, 1.54) is 6.33 Å². The predicted octanol–water partition coefficient (Wildman–Crippen LogP) is 0.882. The van der Waals surface area contributed by atoms with Gasteiger partial charge in [-0.15, -0.1) is 0 Å². The van der Waals surface area contributed by atoms with Crippen LogP contribution in [-0.2, 0) is 4.79 Å². The summed E-state index contributed by atoms with van der Waals surface area (Å²) in [6.07, 6.45) is 1.35. The molecule has 0 radical (unpaired) electrons. The van der Waals surface area contributed by atoms with E-state index in [9.17, 15) is 4.79 Å². The maximum Gasteiger partial charge on any atom is 0.246 e. The second-order valence-electron chi connectivity index (χ2n) is 2.74. The fourth-order valence-electron chi connectivity index (χ4n) is 1.09. The lowest BCUT2D eigenvalue weighted by Crippen LogP contribution is -2.37. The van der Waals surface area contributed by atoms with Gasteiger partial charge in [0.2, 0.25) is 5.91 Å². The Morgan fingerprint density at radius 1 is 1.54 bits per heavy atom. The molecule has 1 aromatic heterocycles. The van der Waals surface area contributed by atoms with Gasteiger partial charge in [0.25, 0.3) is 0 Å². The molecule has 1 aliphatic heterocycles. The second kappa shape index (κ2) is 2.85. The Morgan fingerprint density at radius 3 is 3.08 bits per heavy atom. The van der Waals surface area contributed by atoms with Crippen molar-refractivity contribution in [2.45, 2.75) is 13.0 Å². The summed E-state index contributed by atoms with van der Waals surface area (Å²) in [7, 11) is 0. The Balaban J connectivity index is 2.48. The van der Waals surface area contributed by atoms with Crippen molar-refractivity contribution >= 4 is 29.0 Å². The molecule has 1 amide bonds. The van der Waals surface area contributed by atoms with Crippen molar-refractivity contribution < 1.29 is 4.79 Å². The fourth-order valence-corrected chi connectivity index (χ4v) is 1.27. The lowest BCUT2D eigenvalue weighted by atomic mass is 10.2. The van der Waals surface area contributed by atoms with Crippen molar-refractivity contribution in [1.82, 2.24) is 9.97 Å². The van der Waals surface area contributed by atoms with Crippen LogP contribution in [0.25, 0.3) is 0 Å². The zero-order valence-corrected chi connectivity index (χ0v) is 7.59. The molecule has 2 N–H and O–H groups in total. The van der Waals surface area contributed by atoms with Crippen LogP contribution in [0.5, 0.6) is 0 Å². The van der Waals surface area contributed by atoms with Gasteiger partial charge in [-0.3, -0.25) is 4.79 Å². The van der Waals surface area contributed by atoms with Crippen molar-refractivity contribution in [3.8, 4) is 0 Å². The van der Waals surface area contributed by atoms with Crippen LogP contribution in [0.15, 0.2) is 6.33 Å². The normalized spacial score (nSPS) is 20.2. The zero-order valence-electron chi connectivity index (χ0n) is 6.84. The van der Waals surface area contributed by atoms with E-state index in [4.69, 9.17) is 11.6 Å². The lowest BCUT2D eigenvalue weighted by molar-refractivity contribution is -0.116. The highest BCUT2D eigenvalue weighted by molar-refractivity contribution is 6.33. The SMILES string of the molecule is CC1Nc2ncnc(Cl)c2NC1=O. The summed E-state index contributed by atoms with van der Waals surface area (Å²) in [4.78, 5) is 18.9. The van der Waals surface area contributed by atoms with Gasteiger partial charge in [0.1, 0.15) is 18.1 Å². The van der Waals surface area contributed by atoms with Gasteiger partial charge in [0.05, 0.1) is 0 Å². The largest absolute Gasteiger partial charge is 0.357 e. The molecule has 0 bridgehead atoms. The highest BCUT2D eigenvalue weighted by Crippen LogP contribution is 2.29. The summed E-state index contributed by atoms with van der Waals surface area (Å²) >= 11 is 5.75. The molecule has 0 saturated heterocycles. The highest BCUT2D eigenvalue weighted by atomic mass is 35.5. The summed E-state index contributed by atoms with van der Waals surface area (Å²) in [5, 5.41) is 5.77. The summed E-state index contributed by atoms with van der Waals surface area (Å²) in [6.45, 7) is 1.74. The lowest BCUT2D eigenvalue weighted by Gasteiger charge is -2.22. The first kappa shape index (κ1) is 8.25. The molecule has 2 rings (SSSR count). The molecule has 0 spiro atoms. The van der Waals surface area contributed by atoms with E-state index in [0.29, 0.717) is 11.5 Å². The van der Waals surface area contributed by atoms with Gasteiger partial charge in [0, 0.05) is 0 Å². The summed E-state index contributed by atoms with van der Waals surface area (Å²) in [5.74, 6) is 0.427. The number of aromatic nitrogens is 2. The van der Waals surface area contributed by atoms with Crippen LogP contribution in [0.3, 0.4) is 0 Å². The molecule has 13 heavy (non-hydrogen) atoms. The van der Waals surface area contributed by atoms with Crippen molar-refractivity contribution in [3.63, 3.8) is 0 Å². The number of nitrogens with zero attached hydrogens (tertiary/aromatic N) is 2. The predicted molar refractivity (Wildman–Crippen MR) is 48.8 cm³/mol. The molecular formula is C7H7ClN4O. The van der Waals surface area contributed by atoms with E-state index < -0.39 is 0 Å². The van der Waals surface area contributed by atoms with Gasteiger partial charge in [-0.25, -0.2) is 9.97 Å². The van der Waals surface area contributed by atoms with Crippen LogP contribution in [0.1, 0.15) is 6.92 Å². The Hall–Kier alpha value is -1.36. The molecule has 2 heterocycles. The zero-order chi connectivity index (χ0) is 9.42. The number of carbonyl (C=O) groups is 1. The first-order valence-electron chi connectivity index (χ1n) is 3.76. The molecule has 1 aromatic rings. The molecule has 0 aliphatic carbocycles. The second-order valence-corrected chi connectivity index (χ2v) is 3.10. The fraction of sp³-hybridized carbons (Fsp3) is 0.286. The molecule has 6 heteroatoms. The van der Waals surface area contributed by atoms with Crippen LogP contribution >= 0.6 is 11.6 Å². The Bertz CT molecular complexity index is 368. The van der Waals surface area contributed by atoms with Crippen LogP contribution in [0.4, 0.5) is 11.5 Å². The number of hydrogen-bond donors (Lipinski definition) is 2. The van der Waals surface area contributed by atoms with E-state index in [1.807, 2.05) is 0 Å². The van der Waals surface area contributed by atoms with E-state index in [-0.39, 0.29) is 17.1 Å². The van der Waals surface area contributed by atoms with Crippen LogP contribution in [-0.4, -0.2) is 21.9 Å². The number of amides is 1. The van der Waals surface area contributed by atoms with Crippen LogP contribution in [0, 0.1) is 0 Å². The number of fused-ring (bicyclic) bond motifs is 1. The van der Waals surface area contributed by atoms with E-state index in [2.05, 4.69) is 20.6 Å². The molecule has 1 unspecified atom stereocenters. The van der Waals surface area contributed by atoms with E-state index in [1.54, 1.807) is 6.92 Å². The standard InChI is InChI=1S/C7H7ClN4O/c1-3-7(13)12-4-5(8)9-2-10-6(4)11-3/h2-3H,1H3,(H,12,13)(H,9,10,11). The third kappa shape index (κ3) is 1.31. The quantitative estimate of drug-likeness (QED) is 0.608. The summed E-state index contributed by atoms with van der Waals surface area (Å²) in [5.41, 5.74) is 0.451. The van der Waals surface area contributed by atoms with Gasteiger partial charge in [-0.05, 0) is 6.92 Å². The number of rotatable bonds is 0. The topological polar surface area (TPSA) is 66.9 Å². The summed E-state index contributed by atoms with van der Waals surface area (Å²) in [6, 6.07) is -0.293. The Labute approximate surface area is 79.5 Å². The number of hydrogen-bond acceptors (Lipinski definition) is 4. The Morgan fingerprint density at radius 2 is 2.31 bits per heavy atom. The average Bonchev–Trinajstić information content (AvgIpc) is 2.09. The van der Waals surface area contributed by atoms with Crippen LogP contribution < -0.4 is 10.6 Å². The van der Waals surface area contributed by atoms with Crippen molar-refractivity contribution in [1.29, 1.82) is 0 Å². The first-order chi connectivity index (χ1) is 6.18. The minimum Gasteiger partial charge on any atom is -0.357 e. The third-order valence-corrected chi connectivity index (χ3v) is 2.08. The first-order valence-corrected chi connectivity index (χ1v) is 4.14. The van der Waals surface area contributed by atoms with E-state index >= 15 is 0 Å². The molecular weight excluding hydrogens is 192 g/mol. The van der Waals surface area contributed by atoms with E-state index in [0.717, 1.165) is 0 Å². The molecule has 68 valence electrons. The van der Waals surface area contributed by atoms with Gasteiger partial charge in [-0.2, -0.15) is 0 Å². The number of halogens is 1. The minimum absolute atomic E-state index is 0.135. The number of carbonyl (C=O) groups excluding carboxylic acids is 1. The number of nitrogens with one attached hydrogen (secondary N) is 2. The van der Waals surface area contributed by atoms with Crippen molar-refractivity contribution in [2.24, 2.45) is 0 Å². The van der Waals surface area contributed by atoms with Gasteiger partial charge < -0.3 is 10.6 Å². The molecule has 0 fully saturated rings. The molecule has 1 aliphatic rings. The molecule has 0 aromatic carbocycles. The average molecular weight is 199 g/mol. The smallest absolute Gasteiger partial charge is 0.246 e. The maximum atomic E-state index is 11.2. The summed E-state index contributed by atoms with van der Waals surface area (Å²) < 4.78 is 0.